The van der Waals surface area contributed by atoms with Gasteiger partial charge in [0, 0.05) is 25.6 Å². The Morgan fingerprint density at radius 2 is 2.04 bits per heavy atom. The van der Waals surface area contributed by atoms with Gasteiger partial charge < -0.3 is 19.7 Å². The summed E-state index contributed by atoms with van der Waals surface area (Å²) in [5, 5.41) is 12.9. The summed E-state index contributed by atoms with van der Waals surface area (Å²) in [5.41, 5.74) is 1.41. The maximum atomic E-state index is 12.3. The number of fused-ring (bicyclic) bond motifs is 1. The van der Waals surface area contributed by atoms with E-state index in [1.807, 2.05) is 45.0 Å². The van der Waals surface area contributed by atoms with Crippen LogP contribution in [0.5, 0.6) is 0 Å². The summed E-state index contributed by atoms with van der Waals surface area (Å²) in [6, 6.07) is 8.34. The Morgan fingerprint density at radius 3 is 2.68 bits per heavy atom. The number of amides is 1. The molecule has 2 heterocycles. The molecule has 1 aromatic heterocycles. The second-order valence-corrected chi connectivity index (χ2v) is 7.85. The summed E-state index contributed by atoms with van der Waals surface area (Å²) in [6.07, 6.45) is 0.975. The fraction of sp³-hybridized carbons (Fsp3) is 0.579. The molecule has 1 aliphatic heterocycles. The van der Waals surface area contributed by atoms with Crippen LogP contribution in [0.15, 0.2) is 28.7 Å². The number of carbonyl (C=O) groups excluding carboxylic acids is 1. The molecular weight excluding hydrogens is 318 g/mol. The fourth-order valence-corrected chi connectivity index (χ4v) is 2.98. The zero-order chi connectivity index (χ0) is 18.0. The Bertz CT molecular complexity index is 694. The number of nitrogens with one attached hydrogen (secondary N) is 1. The SMILES string of the molecule is CC(C)(C)C(O)CNC(=O)C1CCN(c2nc3ccccc3o2)CC1. The summed E-state index contributed by atoms with van der Waals surface area (Å²) >= 11 is 0. The highest BCUT2D eigenvalue weighted by Gasteiger charge is 2.28. The van der Waals surface area contributed by atoms with Crippen LogP contribution in [0, 0.1) is 11.3 Å². The summed E-state index contributed by atoms with van der Waals surface area (Å²) in [4.78, 5) is 18.9. The van der Waals surface area contributed by atoms with Crippen molar-refractivity contribution in [2.75, 3.05) is 24.5 Å². The lowest BCUT2D eigenvalue weighted by molar-refractivity contribution is -0.126. The van der Waals surface area contributed by atoms with Crippen LogP contribution in [0.3, 0.4) is 0 Å². The maximum absolute atomic E-state index is 12.3. The number of oxazole rings is 1. The molecule has 136 valence electrons. The molecule has 1 aromatic carbocycles. The molecule has 25 heavy (non-hydrogen) atoms. The Labute approximate surface area is 148 Å². The van der Waals surface area contributed by atoms with E-state index in [0.29, 0.717) is 12.6 Å². The molecule has 1 fully saturated rings. The fourth-order valence-electron chi connectivity index (χ4n) is 2.98. The third-order valence-corrected chi connectivity index (χ3v) is 4.89. The molecule has 1 amide bonds. The Hall–Kier alpha value is -2.08. The Kier molecular flexibility index (Phi) is 4.99. The van der Waals surface area contributed by atoms with Gasteiger partial charge in [-0.3, -0.25) is 4.79 Å². The first-order valence-corrected chi connectivity index (χ1v) is 8.91. The smallest absolute Gasteiger partial charge is 0.298 e. The first kappa shape index (κ1) is 17.7. The van der Waals surface area contributed by atoms with Gasteiger partial charge in [0.25, 0.3) is 6.01 Å². The van der Waals surface area contributed by atoms with Gasteiger partial charge in [-0.25, -0.2) is 0 Å². The molecule has 0 spiro atoms. The van der Waals surface area contributed by atoms with Crippen LogP contribution in [-0.4, -0.2) is 41.7 Å². The second kappa shape index (κ2) is 7.04. The van der Waals surface area contributed by atoms with Crippen molar-refractivity contribution in [1.29, 1.82) is 0 Å². The molecule has 1 aliphatic rings. The highest BCUT2D eigenvalue weighted by atomic mass is 16.4. The minimum atomic E-state index is -0.545. The van der Waals surface area contributed by atoms with Crippen LogP contribution < -0.4 is 10.2 Å². The van der Waals surface area contributed by atoms with Crippen LogP contribution >= 0.6 is 0 Å². The number of piperidine rings is 1. The number of carbonyl (C=O) groups is 1. The van der Waals surface area contributed by atoms with E-state index in [0.717, 1.165) is 37.0 Å². The molecule has 3 rings (SSSR count). The van der Waals surface area contributed by atoms with Crippen molar-refractivity contribution in [2.24, 2.45) is 11.3 Å². The van der Waals surface area contributed by atoms with Gasteiger partial charge in [-0.2, -0.15) is 4.98 Å². The van der Waals surface area contributed by atoms with Gasteiger partial charge in [0.15, 0.2) is 5.58 Å². The minimum Gasteiger partial charge on any atom is -0.423 e. The van der Waals surface area contributed by atoms with Gasteiger partial charge in [0.2, 0.25) is 5.91 Å². The average Bonchev–Trinajstić information content (AvgIpc) is 3.02. The molecule has 6 heteroatoms. The summed E-state index contributed by atoms with van der Waals surface area (Å²) in [6.45, 7) is 7.67. The van der Waals surface area contributed by atoms with Gasteiger partial charge in [0.1, 0.15) is 5.52 Å². The van der Waals surface area contributed by atoms with Crippen LogP contribution in [-0.2, 0) is 4.79 Å². The van der Waals surface area contributed by atoms with E-state index >= 15 is 0 Å². The lowest BCUT2D eigenvalue weighted by atomic mass is 9.89. The molecule has 2 aromatic rings. The molecule has 2 N–H and O–H groups in total. The molecule has 0 saturated carbocycles. The van der Waals surface area contributed by atoms with Crippen molar-refractivity contribution in [1.82, 2.24) is 10.3 Å². The van der Waals surface area contributed by atoms with Gasteiger partial charge in [-0.05, 0) is 30.4 Å². The number of aliphatic hydroxyl groups excluding tert-OH is 1. The van der Waals surface area contributed by atoms with Gasteiger partial charge in [-0.15, -0.1) is 0 Å². The Balaban J connectivity index is 1.52. The first-order chi connectivity index (χ1) is 11.8. The minimum absolute atomic E-state index is 0.0206. The third-order valence-electron chi connectivity index (χ3n) is 4.89. The van der Waals surface area contributed by atoms with Crippen molar-refractivity contribution >= 4 is 23.0 Å². The summed E-state index contributed by atoms with van der Waals surface area (Å²) in [7, 11) is 0. The predicted octanol–water partition coefficient (Wildman–Crippen LogP) is 2.57. The maximum Gasteiger partial charge on any atom is 0.298 e. The van der Waals surface area contributed by atoms with E-state index < -0.39 is 6.10 Å². The number of hydrogen-bond acceptors (Lipinski definition) is 5. The van der Waals surface area contributed by atoms with Crippen LogP contribution in [0.25, 0.3) is 11.1 Å². The van der Waals surface area contributed by atoms with Gasteiger partial charge in [0.05, 0.1) is 6.10 Å². The monoisotopic (exact) mass is 345 g/mol. The molecule has 1 atom stereocenters. The number of rotatable bonds is 4. The normalized spacial score (nSPS) is 17.7. The van der Waals surface area contributed by atoms with E-state index in [1.54, 1.807) is 0 Å². The van der Waals surface area contributed by atoms with Crippen molar-refractivity contribution < 1.29 is 14.3 Å². The average molecular weight is 345 g/mol. The number of hydrogen-bond donors (Lipinski definition) is 2. The van der Waals surface area contributed by atoms with Gasteiger partial charge >= 0.3 is 0 Å². The van der Waals surface area contributed by atoms with Crippen LogP contribution in [0.4, 0.5) is 6.01 Å². The van der Waals surface area contributed by atoms with Crippen molar-refractivity contribution in [3.8, 4) is 0 Å². The van der Waals surface area contributed by atoms with Crippen LogP contribution in [0.1, 0.15) is 33.6 Å². The van der Waals surface area contributed by atoms with Crippen molar-refractivity contribution in [3.63, 3.8) is 0 Å². The molecule has 1 unspecified atom stereocenters. The quantitative estimate of drug-likeness (QED) is 0.890. The highest BCUT2D eigenvalue weighted by molar-refractivity contribution is 5.79. The van der Waals surface area contributed by atoms with Crippen molar-refractivity contribution in [3.05, 3.63) is 24.3 Å². The predicted molar refractivity (Wildman–Crippen MR) is 97.4 cm³/mol. The molecule has 0 radical (unpaired) electrons. The third kappa shape index (κ3) is 4.12. The number of nitrogens with zero attached hydrogens (tertiary/aromatic N) is 2. The molecule has 0 aliphatic carbocycles. The zero-order valence-electron chi connectivity index (χ0n) is 15.2. The molecule has 0 bridgehead atoms. The van der Waals surface area contributed by atoms with E-state index in [2.05, 4.69) is 15.2 Å². The number of aliphatic hydroxyl groups is 1. The first-order valence-electron chi connectivity index (χ1n) is 8.91. The topological polar surface area (TPSA) is 78.6 Å². The number of para-hydroxylation sites is 2. The van der Waals surface area contributed by atoms with E-state index in [9.17, 15) is 9.90 Å². The Morgan fingerprint density at radius 1 is 1.36 bits per heavy atom. The molecule has 1 saturated heterocycles. The highest BCUT2D eigenvalue weighted by Crippen LogP contribution is 2.26. The lowest BCUT2D eigenvalue weighted by Crippen LogP contribution is -2.44. The van der Waals surface area contributed by atoms with E-state index in [-0.39, 0.29) is 17.2 Å². The molecule has 6 nitrogen and oxygen atoms in total. The van der Waals surface area contributed by atoms with E-state index in [4.69, 9.17) is 4.42 Å². The summed E-state index contributed by atoms with van der Waals surface area (Å²) < 4.78 is 5.80. The summed E-state index contributed by atoms with van der Waals surface area (Å²) in [5.74, 6) is 0.00770. The number of anilines is 1. The van der Waals surface area contributed by atoms with E-state index in [1.165, 1.54) is 0 Å². The largest absolute Gasteiger partial charge is 0.423 e. The zero-order valence-corrected chi connectivity index (χ0v) is 15.2. The molecular formula is C19H27N3O3. The van der Waals surface area contributed by atoms with Crippen molar-refractivity contribution in [2.45, 2.75) is 39.7 Å². The second-order valence-electron chi connectivity index (χ2n) is 7.85. The lowest BCUT2D eigenvalue weighted by Gasteiger charge is -2.31. The number of aromatic nitrogens is 1. The number of benzene rings is 1. The standard InChI is InChI=1S/C19H27N3O3/c1-19(2,3)16(23)12-20-17(24)13-8-10-22(11-9-13)18-21-14-6-4-5-7-15(14)25-18/h4-7,13,16,23H,8-12H2,1-3H3,(H,20,24). The van der Waals surface area contributed by atoms with Gasteiger partial charge in [-0.1, -0.05) is 32.9 Å². The van der Waals surface area contributed by atoms with Crippen LogP contribution in [0.2, 0.25) is 0 Å².